The second kappa shape index (κ2) is 5.56. The number of halogens is 1. The SMILES string of the molecule is C=CCCOc1ccc(S(=O)(=O)Cl)c(C)c1C. The van der Waals surface area contributed by atoms with Crippen LogP contribution in [0.15, 0.2) is 29.7 Å². The Morgan fingerprint density at radius 1 is 1.35 bits per heavy atom. The molecule has 0 aliphatic heterocycles. The molecule has 0 unspecified atom stereocenters. The van der Waals surface area contributed by atoms with Crippen molar-refractivity contribution in [2.45, 2.75) is 25.2 Å². The second-order valence-corrected chi connectivity index (χ2v) is 6.21. The Balaban J connectivity index is 3.07. The maximum Gasteiger partial charge on any atom is 0.261 e. The third-order valence-corrected chi connectivity index (χ3v) is 4.00. The van der Waals surface area contributed by atoms with Crippen LogP contribution in [0, 0.1) is 13.8 Å². The van der Waals surface area contributed by atoms with Gasteiger partial charge in [-0.2, -0.15) is 0 Å². The van der Waals surface area contributed by atoms with Crippen molar-refractivity contribution < 1.29 is 13.2 Å². The molecule has 0 fully saturated rings. The molecular formula is C12H15ClO3S. The van der Waals surface area contributed by atoms with Crippen molar-refractivity contribution in [1.82, 2.24) is 0 Å². The summed E-state index contributed by atoms with van der Waals surface area (Å²) in [6.45, 7) is 7.65. The average Bonchev–Trinajstić information content (AvgIpc) is 2.23. The van der Waals surface area contributed by atoms with Crippen LogP contribution in [0.2, 0.25) is 0 Å². The van der Waals surface area contributed by atoms with Crippen molar-refractivity contribution in [2.75, 3.05) is 6.61 Å². The lowest BCUT2D eigenvalue weighted by Crippen LogP contribution is -2.02. The summed E-state index contributed by atoms with van der Waals surface area (Å²) in [4.78, 5) is 0.132. The average molecular weight is 275 g/mol. The van der Waals surface area contributed by atoms with E-state index in [0.717, 1.165) is 12.0 Å². The Hall–Kier alpha value is -1.00. The van der Waals surface area contributed by atoms with Crippen molar-refractivity contribution in [2.24, 2.45) is 0 Å². The van der Waals surface area contributed by atoms with E-state index in [1.54, 1.807) is 19.1 Å². The van der Waals surface area contributed by atoms with Gasteiger partial charge < -0.3 is 4.74 Å². The van der Waals surface area contributed by atoms with Crippen molar-refractivity contribution in [1.29, 1.82) is 0 Å². The predicted molar refractivity (Wildman–Crippen MR) is 69.3 cm³/mol. The molecule has 1 aromatic carbocycles. The highest BCUT2D eigenvalue weighted by atomic mass is 35.7. The fourth-order valence-corrected chi connectivity index (χ4v) is 2.69. The summed E-state index contributed by atoms with van der Waals surface area (Å²) >= 11 is 0. The summed E-state index contributed by atoms with van der Waals surface area (Å²) in [5.41, 5.74) is 1.41. The molecule has 0 saturated carbocycles. The molecule has 0 aliphatic rings. The van der Waals surface area contributed by atoms with E-state index in [2.05, 4.69) is 6.58 Å². The van der Waals surface area contributed by atoms with Crippen molar-refractivity contribution >= 4 is 19.7 Å². The molecule has 0 bridgehead atoms. The molecule has 0 N–H and O–H groups in total. The highest BCUT2D eigenvalue weighted by Gasteiger charge is 2.16. The van der Waals surface area contributed by atoms with Gasteiger partial charge in [-0.05, 0) is 43.5 Å². The highest BCUT2D eigenvalue weighted by molar-refractivity contribution is 8.13. The minimum absolute atomic E-state index is 0.132. The molecule has 0 radical (unpaired) electrons. The number of ether oxygens (including phenoxy) is 1. The van der Waals surface area contributed by atoms with Gasteiger partial charge in [0.1, 0.15) is 5.75 Å². The van der Waals surface area contributed by atoms with Crippen LogP contribution in [-0.2, 0) is 9.05 Å². The molecule has 94 valence electrons. The number of hydrogen-bond donors (Lipinski definition) is 0. The van der Waals surface area contributed by atoms with E-state index in [9.17, 15) is 8.42 Å². The summed E-state index contributed by atoms with van der Waals surface area (Å²) < 4.78 is 28.1. The van der Waals surface area contributed by atoms with Gasteiger partial charge in [-0.25, -0.2) is 8.42 Å². The maximum atomic E-state index is 11.3. The highest BCUT2D eigenvalue weighted by Crippen LogP contribution is 2.28. The fraction of sp³-hybridized carbons (Fsp3) is 0.333. The zero-order valence-corrected chi connectivity index (χ0v) is 11.4. The molecule has 1 aromatic rings. The summed E-state index contributed by atoms with van der Waals surface area (Å²) in [5, 5.41) is 0. The van der Waals surface area contributed by atoms with Crippen LogP contribution >= 0.6 is 10.7 Å². The Kier molecular flexibility index (Phi) is 4.60. The first-order valence-corrected chi connectivity index (χ1v) is 7.47. The molecule has 17 heavy (non-hydrogen) atoms. The predicted octanol–water partition coefficient (Wildman–Crippen LogP) is 3.19. The van der Waals surface area contributed by atoms with Gasteiger partial charge in [-0.1, -0.05) is 6.08 Å². The first kappa shape index (κ1) is 14.1. The van der Waals surface area contributed by atoms with Crippen LogP contribution in [0.5, 0.6) is 5.75 Å². The van der Waals surface area contributed by atoms with Crippen LogP contribution in [0.3, 0.4) is 0 Å². The van der Waals surface area contributed by atoms with E-state index in [1.807, 2.05) is 6.92 Å². The van der Waals surface area contributed by atoms with Gasteiger partial charge in [-0.3, -0.25) is 0 Å². The standard InChI is InChI=1S/C12H15ClO3S/c1-4-5-8-16-11-6-7-12(17(13,14)15)10(3)9(11)2/h4,6-7H,1,5,8H2,2-3H3. The third kappa shape index (κ3) is 3.48. The first-order valence-electron chi connectivity index (χ1n) is 5.16. The molecule has 0 atom stereocenters. The zero-order chi connectivity index (χ0) is 13.1. The van der Waals surface area contributed by atoms with Crippen LogP contribution in [0.1, 0.15) is 17.5 Å². The van der Waals surface area contributed by atoms with E-state index < -0.39 is 9.05 Å². The molecule has 0 aliphatic carbocycles. The second-order valence-electron chi connectivity index (χ2n) is 3.68. The number of rotatable bonds is 5. The van der Waals surface area contributed by atoms with Gasteiger partial charge in [0.25, 0.3) is 9.05 Å². The van der Waals surface area contributed by atoms with Gasteiger partial charge in [0, 0.05) is 10.7 Å². The minimum atomic E-state index is -3.70. The molecule has 0 heterocycles. The largest absolute Gasteiger partial charge is 0.493 e. The van der Waals surface area contributed by atoms with Crippen LogP contribution in [0.25, 0.3) is 0 Å². The topological polar surface area (TPSA) is 43.4 Å². The lowest BCUT2D eigenvalue weighted by Gasteiger charge is -2.12. The van der Waals surface area contributed by atoms with Gasteiger partial charge >= 0.3 is 0 Å². The minimum Gasteiger partial charge on any atom is -0.493 e. The molecule has 0 amide bonds. The molecule has 3 nitrogen and oxygen atoms in total. The maximum absolute atomic E-state index is 11.3. The van der Waals surface area contributed by atoms with E-state index in [1.165, 1.54) is 6.07 Å². The summed E-state index contributed by atoms with van der Waals surface area (Å²) in [6, 6.07) is 3.09. The third-order valence-electron chi connectivity index (χ3n) is 2.53. The van der Waals surface area contributed by atoms with E-state index in [4.69, 9.17) is 15.4 Å². The Morgan fingerprint density at radius 2 is 2.00 bits per heavy atom. The Labute approximate surface area is 106 Å². The monoisotopic (exact) mass is 274 g/mol. The summed E-state index contributed by atoms with van der Waals surface area (Å²) in [5.74, 6) is 0.674. The van der Waals surface area contributed by atoms with E-state index in [-0.39, 0.29) is 4.90 Å². The number of benzene rings is 1. The van der Waals surface area contributed by atoms with Gasteiger partial charge in [-0.15, -0.1) is 6.58 Å². The summed E-state index contributed by atoms with van der Waals surface area (Å²) in [7, 11) is 1.64. The Bertz CT molecular complexity index is 521. The molecule has 0 aromatic heterocycles. The quantitative estimate of drug-likeness (QED) is 0.470. The molecule has 1 rings (SSSR count). The lowest BCUT2D eigenvalue weighted by atomic mass is 10.1. The van der Waals surface area contributed by atoms with Crippen molar-refractivity contribution in [3.63, 3.8) is 0 Å². The normalized spacial score (nSPS) is 11.2. The first-order chi connectivity index (χ1) is 7.88. The number of hydrogen-bond acceptors (Lipinski definition) is 3. The molecule has 0 saturated heterocycles. The van der Waals surface area contributed by atoms with E-state index >= 15 is 0 Å². The van der Waals surface area contributed by atoms with Gasteiger partial charge in [0.05, 0.1) is 11.5 Å². The molecular weight excluding hydrogens is 260 g/mol. The van der Waals surface area contributed by atoms with Crippen LogP contribution in [0.4, 0.5) is 0 Å². The van der Waals surface area contributed by atoms with Crippen molar-refractivity contribution in [3.05, 3.63) is 35.9 Å². The van der Waals surface area contributed by atoms with Crippen LogP contribution in [-0.4, -0.2) is 15.0 Å². The van der Waals surface area contributed by atoms with Crippen molar-refractivity contribution in [3.8, 4) is 5.75 Å². The molecule has 0 spiro atoms. The lowest BCUT2D eigenvalue weighted by molar-refractivity contribution is 0.322. The van der Waals surface area contributed by atoms with E-state index in [0.29, 0.717) is 17.9 Å². The summed E-state index contributed by atoms with van der Waals surface area (Å²) in [6.07, 6.45) is 2.51. The fourth-order valence-electron chi connectivity index (χ4n) is 1.44. The van der Waals surface area contributed by atoms with Gasteiger partial charge in [0.15, 0.2) is 0 Å². The van der Waals surface area contributed by atoms with Crippen LogP contribution < -0.4 is 4.74 Å². The zero-order valence-electron chi connectivity index (χ0n) is 9.86. The smallest absolute Gasteiger partial charge is 0.261 e. The Morgan fingerprint density at radius 3 is 2.53 bits per heavy atom. The van der Waals surface area contributed by atoms with Gasteiger partial charge in [0.2, 0.25) is 0 Å². The molecule has 5 heteroatoms.